The van der Waals surface area contributed by atoms with Gasteiger partial charge in [0.15, 0.2) is 12.4 Å². The number of hydrogen-bond donors (Lipinski definition) is 3. The molecule has 0 unspecified atom stereocenters. The summed E-state index contributed by atoms with van der Waals surface area (Å²) in [6, 6.07) is 8.10. The maximum absolute atomic E-state index is 12.2. The minimum atomic E-state index is -0.431. The molecule has 3 heterocycles. The van der Waals surface area contributed by atoms with Gasteiger partial charge in [0.05, 0.1) is 16.4 Å². The molecule has 0 spiro atoms. The molecule has 3 amide bonds. The Hall–Kier alpha value is -3.59. The van der Waals surface area contributed by atoms with Crippen molar-refractivity contribution in [1.29, 1.82) is 0 Å². The molecule has 1 aliphatic heterocycles. The summed E-state index contributed by atoms with van der Waals surface area (Å²) in [5.74, 6) is 0.841. The number of nitrogens with zero attached hydrogens (tertiary/aromatic N) is 3. The summed E-state index contributed by atoms with van der Waals surface area (Å²) in [4.78, 5) is 27.8. The van der Waals surface area contributed by atoms with Crippen molar-refractivity contribution in [3.8, 4) is 11.6 Å². The molecule has 4 rings (SSSR count). The zero-order chi connectivity index (χ0) is 19.5. The largest absolute Gasteiger partial charge is 0.482 e. The lowest BCUT2D eigenvalue weighted by atomic mass is 10.2. The molecule has 1 aliphatic rings. The Morgan fingerprint density at radius 2 is 2.21 bits per heavy atom. The highest BCUT2D eigenvalue weighted by atomic mass is 35.5. The van der Waals surface area contributed by atoms with Crippen molar-refractivity contribution in [2.75, 3.05) is 17.2 Å². The molecule has 1 aromatic carbocycles. The second kappa shape index (κ2) is 7.57. The molecule has 0 fully saturated rings. The van der Waals surface area contributed by atoms with Gasteiger partial charge in [0.1, 0.15) is 5.75 Å². The molecule has 142 valence electrons. The van der Waals surface area contributed by atoms with Crippen LogP contribution in [0.5, 0.6) is 5.75 Å². The quantitative estimate of drug-likeness (QED) is 0.625. The Kier molecular flexibility index (Phi) is 4.81. The van der Waals surface area contributed by atoms with Crippen molar-refractivity contribution in [3.05, 3.63) is 59.5 Å². The maximum atomic E-state index is 12.2. The van der Waals surface area contributed by atoms with Crippen molar-refractivity contribution in [1.82, 2.24) is 20.1 Å². The van der Waals surface area contributed by atoms with Gasteiger partial charge in [0.2, 0.25) is 0 Å². The van der Waals surface area contributed by atoms with Gasteiger partial charge in [-0.3, -0.25) is 4.79 Å². The molecule has 0 saturated carbocycles. The number of rotatable bonds is 4. The summed E-state index contributed by atoms with van der Waals surface area (Å²) in [5, 5.41) is 12.5. The van der Waals surface area contributed by atoms with Crippen molar-refractivity contribution in [2.24, 2.45) is 0 Å². The molecule has 0 radical (unpaired) electrons. The Labute approximate surface area is 164 Å². The summed E-state index contributed by atoms with van der Waals surface area (Å²) < 4.78 is 6.97. The van der Waals surface area contributed by atoms with E-state index in [1.807, 2.05) is 6.07 Å². The molecule has 3 N–H and O–H groups in total. The fourth-order valence-corrected chi connectivity index (χ4v) is 2.86. The monoisotopic (exact) mass is 398 g/mol. The predicted octanol–water partition coefficient (Wildman–Crippen LogP) is 2.57. The number of anilines is 2. The van der Waals surface area contributed by atoms with Crippen LogP contribution in [-0.4, -0.2) is 33.3 Å². The van der Waals surface area contributed by atoms with Crippen LogP contribution >= 0.6 is 11.6 Å². The molecule has 3 aromatic rings. The molecule has 9 nitrogen and oxygen atoms in total. The third-order valence-corrected chi connectivity index (χ3v) is 4.27. The van der Waals surface area contributed by atoms with E-state index in [2.05, 4.69) is 26.0 Å². The number of halogens is 1. The van der Waals surface area contributed by atoms with E-state index >= 15 is 0 Å². The molecule has 0 aliphatic carbocycles. The average Bonchev–Trinajstić information content (AvgIpc) is 3.22. The van der Waals surface area contributed by atoms with Crippen LogP contribution < -0.4 is 20.7 Å². The zero-order valence-electron chi connectivity index (χ0n) is 14.5. The van der Waals surface area contributed by atoms with Gasteiger partial charge in [-0.2, -0.15) is 5.10 Å². The number of pyridine rings is 1. The first-order valence-corrected chi connectivity index (χ1v) is 8.72. The number of carbonyl (C=O) groups excluding carboxylic acids is 2. The molecular formula is C18H15ClN6O3. The Bertz CT molecular complexity index is 1040. The normalized spacial score (nSPS) is 12.5. The molecule has 0 bridgehead atoms. The number of fused-ring (bicyclic) bond motifs is 1. The summed E-state index contributed by atoms with van der Waals surface area (Å²) >= 11 is 6.18. The number of carbonyl (C=O) groups is 2. The molecule has 2 aromatic heterocycles. The Balaban J connectivity index is 1.40. The highest BCUT2D eigenvalue weighted by molar-refractivity contribution is 6.34. The molecule has 0 saturated heterocycles. The summed E-state index contributed by atoms with van der Waals surface area (Å²) in [5.41, 5.74) is 1.70. The van der Waals surface area contributed by atoms with Gasteiger partial charge >= 0.3 is 6.03 Å². The molecular weight excluding hydrogens is 384 g/mol. The van der Waals surface area contributed by atoms with Crippen molar-refractivity contribution in [3.63, 3.8) is 0 Å². The molecule has 0 atom stereocenters. The predicted molar refractivity (Wildman–Crippen MR) is 103 cm³/mol. The lowest BCUT2D eigenvalue weighted by Gasteiger charge is -2.19. The van der Waals surface area contributed by atoms with Crippen LogP contribution in [0.3, 0.4) is 0 Å². The first-order valence-electron chi connectivity index (χ1n) is 8.34. The van der Waals surface area contributed by atoms with Crippen LogP contribution in [0.1, 0.15) is 5.56 Å². The number of ether oxygens (including phenoxy) is 1. The number of benzene rings is 1. The van der Waals surface area contributed by atoms with Gasteiger partial charge in [-0.05, 0) is 29.8 Å². The van der Waals surface area contributed by atoms with Crippen molar-refractivity contribution >= 4 is 34.9 Å². The van der Waals surface area contributed by atoms with Crippen LogP contribution in [0.4, 0.5) is 16.2 Å². The van der Waals surface area contributed by atoms with Gasteiger partial charge in [-0.1, -0.05) is 11.6 Å². The van der Waals surface area contributed by atoms with Crippen LogP contribution in [-0.2, 0) is 11.3 Å². The van der Waals surface area contributed by atoms with E-state index in [0.29, 0.717) is 22.9 Å². The fraction of sp³-hybridized carbons (Fsp3) is 0.111. The second-order valence-electron chi connectivity index (χ2n) is 5.95. The van der Waals surface area contributed by atoms with E-state index in [1.54, 1.807) is 41.5 Å². The maximum Gasteiger partial charge on any atom is 0.319 e. The van der Waals surface area contributed by atoms with E-state index in [9.17, 15) is 9.59 Å². The second-order valence-corrected chi connectivity index (χ2v) is 6.35. The first kappa shape index (κ1) is 17.8. The van der Waals surface area contributed by atoms with Crippen LogP contribution in [0.15, 0.2) is 48.9 Å². The van der Waals surface area contributed by atoms with Crippen LogP contribution in [0.2, 0.25) is 5.02 Å². The van der Waals surface area contributed by atoms with E-state index in [4.69, 9.17) is 16.3 Å². The number of nitrogens with one attached hydrogen (secondary N) is 3. The lowest BCUT2D eigenvalue weighted by molar-refractivity contribution is -0.118. The zero-order valence-corrected chi connectivity index (χ0v) is 15.2. The Morgan fingerprint density at radius 3 is 3.04 bits per heavy atom. The smallest absolute Gasteiger partial charge is 0.319 e. The first-order chi connectivity index (χ1) is 13.6. The highest BCUT2D eigenvalue weighted by Gasteiger charge is 2.19. The van der Waals surface area contributed by atoms with Gasteiger partial charge in [0.25, 0.3) is 5.91 Å². The number of aromatic nitrogens is 3. The van der Waals surface area contributed by atoms with Gasteiger partial charge in [-0.25, -0.2) is 14.5 Å². The summed E-state index contributed by atoms with van der Waals surface area (Å²) in [6.45, 7) is 0.207. The fourth-order valence-electron chi connectivity index (χ4n) is 2.64. The van der Waals surface area contributed by atoms with E-state index in [0.717, 1.165) is 5.56 Å². The Morgan fingerprint density at radius 1 is 1.32 bits per heavy atom. The van der Waals surface area contributed by atoms with E-state index < -0.39 is 6.03 Å². The standard InChI is InChI=1S/C18H15ClN6O3/c19-12-7-14-15(28-10-17(26)23-14)8-13(12)24-18(27)21-9-11-2-4-20-16(6-11)25-5-1-3-22-25/h1-8H,9-10H2,(H,23,26)(H2,21,24,27). The number of hydrogen-bond acceptors (Lipinski definition) is 5. The van der Waals surface area contributed by atoms with Crippen molar-refractivity contribution in [2.45, 2.75) is 6.54 Å². The van der Waals surface area contributed by atoms with E-state index in [1.165, 1.54) is 6.07 Å². The molecule has 10 heteroatoms. The SMILES string of the molecule is O=C1COc2cc(NC(=O)NCc3ccnc(-n4cccn4)c3)c(Cl)cc2N1. The third-order valence-electron chi connectivity index (χ3n) is 3.95. The summed E-state index contributed by atoms with van der Waals surface area (Å²) in [7, 11) is 0. The van der Waals surface area contributed by atoms with Crippen LogP contribution in [0.25, 0.3) is 5.82 Å². The highest BCUT2D eigenvalue weighted by Crippen LogP contribution is 2.36. The van der Waals surface area contributed by atoms with Gasteiger partial charge < -0.3 is 20.7 Å². The topological polar surface area (TPSA) is 110 Å². The molecule has 28 heavy (non-hydrogen) atoms. The van der Waals surface area contributed by atoms with Crippen LogP contribution in [0, 0.1) is 0 Å². The minimum absolute atomic E-state index is 0.0824. The van der Waals surface area contributed by atoms with Crippen molar-refractivity contribution < 1.29 is 14.3 Å². The number of urea groups is 1. The van der Waals surface area contributed by atoms with Gasteiger partial charge in [0, 0.05) is 31.2 Å². The third kappa shape index (κ3) is 3.89. The number of amides is 3. The van der Waals surface area contributed by atoms with Gasteiger partial charge in [-0.15, -0.1) is 0 Å². The lowest BCUT2D eigenvalue weighted by Crippen LogP contribution is -2.29. The summed E-state index contributed by atoms with van der Waals surface area (Å²) in [6.07, 6.45) is 5.10. The van der Waals surface area contributed by atoms with E-state index in [-0.39, 0.29) is 24.1 Å². The average molecular weight is 399 g/mol. The minimum Gasteiger partial charge on any atom is -0.482 e.